The van der Waals surface area contributed by atoms with Gasteiger partial charge in [-0.25, -0.2) is 9.78 Å². The number of anilines is 1. The van der Waals surface area contributed by atoms with Gasteiger partial charge >= 0.3 is 5.97 Å². The molecule has 0 saturated heterocycles. The second kappa shape index (κ2) is 10.5. The van der Waals surface area contributed by atoms with Crippen LogP contribution in [0.1, 0.15) is 25.0 Å². The number of esters is 1. The molecule has 0 fully saturated rings. The van der Waals surface area contributed by atoms with Crippen LogP contribution in [0.4, 0.5) is 5.13 Å². The summed E-state index contributed by atoms with van der Waals surface area (Å²) in [7, 11) is 0. The summed E-state index contributed by atoms with van der Waals surface area (Å²) in [6.07, 6.45) is 1.91. The fourth-order valence-corrected chi connectivity index (χ4v) is 3.42. The first kappa shape index (κ1) is 21.5. The summed E-state index contributed by atoms with van der Waals surface area (Å²) in [5.74, 6) is -0.477. The van der Waals surface area contributed by atoms with E-state index in [0.29, 0.717) is 10.9 Å². The first-order valence-electron chi connectivity index (χ1n) is 9.79. The first-order valence-corrected chi connectivity index (χ1v) is 10.7. The fraction of sp³-hybridized carbons (Fsp3) is 0.261. The maximum Gasteiger partial charge on any atom is 0.344 e. The molecule has 0 aliphatic rings. The van der Waals surface area contributed by atoms with E-state index in [4.69, 9.17) is 9.47 Å². The summed E-state index contributed by atoms with van der Waals surface area (Å²) in [4.78, 5) is 28.2. The maximum absolute atomic E-state index is 12.0. The monoisotopic (exact) mass is 424 g/mol. The highest BCUT2D eigenvalue weighted by Crippen LogP contribution is 2.25. The van der Waals surface area contributed by atoms with E-state index in [2.05, 4.69) is 36.3 Å². The predicted octanol–water partition coefficient (Wildman–Crippen LogP) is 4.50. The third-order valence-corrected chi connectivity index (χ3v) is 5.22. The molecule has 0 bridgehead atoms. The topological polar surface area (TPSA) is 77.5 Å². The van der Waals surface area contributed by atoms with Crippen LogP contribution in [0.15, 0.2) is 53.9 Å². The molecule has 7 heteroatoms. The Labute approximate surface area is 179 Å². The highest BCUT2D eigenvalue weighted by molar-refractivity contribution is 7.14. The van der Waals surface area contributed by atoms with Crippen LogP contribution in [0.2, 0.25) is 0 Å². The largest absolute Gasteiger partial charge is 0.482 e. The number of hydrogen-bond donors (Lipinski definition) is 1. The summed E-state index contributed by atoms with van der Waals surface area (Å²) >= 11 is 1.32. The van der Waals surface area contributed by atoms with Gasteiger partial charge < -0.3 is 9.47 Å². The summed E-state index contributed by atoms with van der Waals surface area (Å²) in [5.41, 5.74) is 4.22. The average molecular weight is 425 g/mol. The molecular formula is C23H24N2O4S. The Hall–Kier alpha value is -3.19. The Morgan fingerprint density at radius 2 is 1.57 bits per heavy atom. The van der Waals surface area contributed by atoms with Crippen molar-refractivity contribution in [1.82, 2.24) is 4.98 Å². The van der Waals surface area contributed by atoms with E-state index in [1.165, 1.54) is 22.5 Å². The number of aromatic nitrogens is 1. The van der Waals surface area contributed by atoms with E-state index in [9.17, 15) is 9.59 Å². The van der Waals surface area contributed by atoms with E-state index >= 15 is 0 Å². The lowest BCUT2D eigenvalue weighted by Gasteiger charge is -2.07. The van der Waals surface area contributed by atoms with Crippen LogP contribution in [-0.4, -0.2) is 30.1 Å². The molecule has 1 amide bonds. The zero-order chi connectivity index (χ0) is 21.3. The molecule has 1 N–H and O–H groups in total. The molecule has 3 rings (SSSR count). The Kier molecular flexibility index (Phi) is 7.57. The first-order chi connectivity index (χ1) is 14.6. The normalized spacial score (nSPS) is 10.5. The lowest BCUT2D eigenvalue weighted by Crippen LogP contribution is -2.23. The summed E-state index contributed by atoms with van der Waals surface area (Å²) in [5, 5.41) is 4.98. The number of ether oxygens (including phenoxy) is 2. The van der Waals surface area contributed by atoms with E-state index in [0.717, 1.165) is 24.1 Å². The van der Waals surface area contributed by atoms with Gasteiger partial charge in [-0.15, -0.1) is 11.3 Å². The minimum Gasteiger partial charge on any atom is -0.482 e. The van der Waals surface area contributed by atoms with E-state index in [-0.39, 0.29) is 6.61 Å². The second-order valence-corrected chi connectivity index (χ2v) is 7.44. The zero-order valence-corrected chi connectivity index (χ0v) is 17.8. The third kappa shape index (κ3) is 6.15. The van der Waals surface area contributed by atoms with Crippen LogP contribution in [0.25, 0.3) is 11.3 Å². The van der Waals surface area contributed by atoms with Gasteiger partial charge in [0.1, 0.15) is 5.75 Å². The van der Waals surface area contributed by atoms with Crippen LogP contribution in [-0.2, 0) is 27.2 Å². The molecule has 0 aliphatic heterocycles. The Morgan fingerprint density at radius 3 is 2.20 bits per heavy atom. The second-order valence-electron chi connectivity index (χ2n) is 6.58. The van der Waals surface area contributed by atoms with Gasteiger partial charge in [-0.3, -0.25) is 10.1 Å². The van der Waals surface area contributed by atoms with Crippen LogP contribution < -0.4 is 10.1 Å². The van der Waals surface area contributed by atoms with Crippen molar-refractivity contribution < 1.29 is 19.1 Å². The number of thiazole rings is 1. The number of carbonyl (C=O) groups is 2. The van der Waals surface area contributed by atoms with Gasteiger partial charge in [0.25, 0.3) is 5.91 Å². The highest BCUT2D eigenvalue weighted by Gasteiger charge is 2.11. The smallest absolute Gasteiger partial charge is 0.344 e. The maximum atomic E-state index is 12.0. The highest BCUT2D eigenvalue weighted by atomic mass is 32.1. The molecule has 1 heterocycles. The number of rotatable bonds is 9. The van der Waals surface area contributed by atoms with Crippen molar-refractivity contribution in [2.24, 2.45) is 0 Å². The van der Waals surface area contributed by atoms with Crippen molar-refractivity contribution in [2.75, 3.05) is 18.5 Å². The SMILES string of the molecule is CCc1ccc(OCC(=O)OCC(=O)Nc2nc(-c3ccc(CC)cc3)cs2)cc1. The number of carbonyl (C=O) groups excluding carboxylic acids is 2. The molecule has 156 valence electrons. The summed E-state index contributed by atoms with van der Waals surface area (Å²) in [6.45, 7) is 3.52. The van der Waals surface area contributed by atoms with Gasteiger partial charge in [0, 0.05) is 10.9 Å². The van der Waals surface area contributed by atoms with Gasteiger partial charge in [-0.2, -0.15) is 0 Å². The van der Waals surface area contributed by atoms with Crippen LogP contribution in [0.3, 0.4) is 0 Å². The fourth-order valence-electron chi connectivity index (χ4n) is 2.68. The molecule has 0 unspecified atom stereocenters. The molecule has 6 nitrogen and oxygen atoms in total. The van der Waals surface area contributed by atoms with Crippen LogP contribution in [0, 0.1) is 0 Å². The number of hydrogen-bond acceptors (Lipinski definition) is 6. The Bertz CT molecular complexity index is 981. The van der Waals surface area contributed by atoms with Crippen molar-refractivity contribution in [3.63, 3.8) is 0 Å². The zero-order valence-electron chi connectivity index (χ0n) is 17.0. The third-order valence-electron chi connectivity index (χ3n) is 4.46. The molecule has 30 heavy (non-hydrogen) atoms. The molecule has 1 aromatic heterocycles. The number of nitrogens with one attached hydrogen (secondary N) is 1. The quantitative estimate of drug-likeness (QED) is 0.512. The van der Waals surface area contributed by atoms with Gasteiger partial charge in [0.05, 0.1) is 5.69 Å². The molecule has 0 atom stereocenters. The Balaban J connectivity index is 1.42. The molecule has 0 spiro atoms. The van der Waals surface area contributed by atoms with Gasteiger partial charge in [-0.1, -0.05) is 50.2 Å². The lowest BCUT2D eigenvalue weighted by molar-refractivity contribution is -0.149. The molecular weight excluding hydrogens is 400 g/mol. The molecule has 0 aliphatic carbocycles. The van der Waals surface area contributed by atoms with Crippen LogP contribution >= 0.6 is 11.3 Å². The van der Waals surface area contributed by atoms with Crippen molar-refractivity contribution in [3.05, 3.63) is 65.0 Å². The van der Waals surface area contributed by atoms with Gasteiger partial charge in [0.2, 0.25) is 0 Å². The number of benzene rings is 2. The summed E-state index contributed by atoms with van der Waals surface area (Å²) < 4.78 is 10.3. The van der Waals surface area contributed by atoms with Crippen LogP contribution in [0.5, 0.6) is 5.75 Å². The number of amides is 1. The minimum absolute atomic E-state index is 0.256. The standard InChI is InChI=1S/C23H24N2O4S/c1-3-16-5-9-18(10-6-16)20-15-30-23(24-20)25-21(26)13-29-22(27)14-28-19-11-7-17(4-2)8-12-19/h5-12,15H,3-4,13-14H2,1-2H3,(H,24,25,26). The number of nitrogens with zero attached hydrogens (tertiary/aromatic N) is 1. The minimum atomic E-state index is -0.611. The Morgan fingerprint density at radius 1 is 0.933 bits per heavy atom. The van der Waals surface area contributed by atoms with Crippen molar-refractivity contribution >= 4 is 28.3 Å². The van der Waals surface area contributed by atoms with Crippen molar-refractivity contribution in [3.8, 4) is 17.0 Å². The van der Waals surface area contributed by atoms with Crippen molar-refractivity contribution in [2.45, 2.75) is 26.7 Å². The van der Waals surface area contributed by atoms with Gasteiger partial charge in [-0.05, 0) is 36.1 Å². The summed E-state index contributed by atoms with van der Waals surface area (Å²) in [6, 6.07) is 15.6. The van der Waals surface area contributed by atoms with E-state index < -0.39 is 18.5 Å². The average Bonchev–Trinajstić information content (AvgIpc) is 3.25. The van der Waals surface area contributed by atoms with Crippen molar-refractivity contribution in [1.29, 1.82) is 0 Å². The lowest BCUT2D eigenvalue weighted by atomic mass is 10.1. The van der Waals surface area contributed by atoms with E-state index in [1.54, 1.807) is 12.1 Å². The predicted molar refractivity (Wildman–Crippen MR) is 118 cm³/mol. The molecule has 0 saturated carbocycles. The van der Waals surface area contributed by atoms with E-state index in [1.807, 2.05) is 29.6 Å². The number of aryl methyl sites for hydroxylation is 2. The molecule has 3 aromatic rings. The molecule has 2 aromatic carbocycles. The van der Waals surface area contributed by atoms with Gasteiger partial charge in [0.15, 0.2) is 18.3 Å². The molecule has 0 radical (unpaired) electrons.